The lowest BCUT2D eigenvalue weighted by Gasteiger charge is -2.30. The van der Waals surface area contributed by atoms with E-state index in [-0.39, 0.29) is 24.3 Å². The van der Waals surface area contributed by atoms with Crippen LogP contribution in [0, 0.1) is 19.8 Å². The largest absolute Gasteiger partial charge is 0.466 e. The van der Waals surface area contributed by atoms with Crippen LogP contribution in [0.4, 0.5) is 5.00 Å². The summed E-state index contributed by atoms with van der Waals surface area (Å²) in [5.41, 5.74) is 1.23. The molecule has 0 bridgehead atoms. The summed E-state index contributed by atoms with van der Waals surface area (Å²) in [4.78, 5) is 39.3. The first kappa shape index (κ1) is 20.4. The first-order valence-electron chi connectivity index (χ1n) is 8.74. The SMILES string of the molecule is CCOC(=O)C1CCCN(CC(=O)Nc2sc(C)c(C)c2C(=O)OC)C1. The van der Waals surface area contributed by atoms with Crippen molar-refractivity contribution in [2.45, 2.75) is 33.6 Å². The zero-order valence-electron chi connectivity index (χ0n) is 15.7. The van der Waals surface area contributed by atoms with Gasteiger partial charge in [-0.05, 0) is 45.7 Å². The number of ether oxygens (including phenoxy) is 2. The third kappa shape index (κ3) is 4.82. The number of thiophene rings is 1. The Morgan fingerprint density at radius 3 is 2.69 bits per heavy atom. The van der Waals surface area contributed by atoms with Gasteiger partial charge in [-0.2, -0.15) is 0 Å². The number of piperidine rings is 1. The maximum absolute atomic E-state index is 12.5. The van der Waals surface area contributed by atoms with Gasteiger partial charge >= 0.3 is 11.9 Å². The lowest BCUT2D eigenvalue weighted by atomic mass is 9.98. The molecule has 144 valence electrons. The van der Waals surface area contributed by atoms with Crippen molar-refractivity contribution >= 4 is 34.2 Å². The van der Waals surface area contributed by atoms with Gasteiger partial charge in [-0.3, -0.25) is 14.5 Å². The van der Waals surface area contributed by atoms with Crippen LogP contribution in [-0.2, 0) is 19.1 Å². The highest BCUT2D eigenvalue weighted by Gasteiger charge is 2.28. The van der Waals surface area contributed by atoms with Gasteiger partial charge in [-0.1, -0.05) is 0 Å². The standard InChI is InChI=1S/C18H26N2O5S/c1-5-25-17(22)13-7-6-8-20(9-13)10-14(21)19-16-15(18(23)24-4)11(2)12(3)26-16/h13H,5-10H2,1-4H3,(H,19,21). The molecule has 1 saturated heterocycles. The smallest absolute Gasteiger partial charge is 0.341 e. The molecule has 0 aliphatic carbocycles. The summed E-state index contributed by atoms with van der Waals surface area (Å²) in [6.07, 6.45) is 1.63. The van der Waals surface area contributed by atoms with Crippen molar-refractivity contribution in [3.8, 4) is 0 Å². The van der Waals surface area contributed by atoms with Crippen molar-refractivity contribution in [3.05, 3.63) is 16.0 Å². The second-order valence-corrected chi connectivity index (χ2v) is 7.58. The Kier molecular flexibility index (Phi) is 7.16. The molecule has 1 aliphatic heterocycles. The van der Waals surface area contributed by atoms with Crippen LogP contribution in [0.1, 0.15) is 40.6 Å². The fourth-order valence-electron chi connectivity index (χ4n) is 3.08. The summed E-state index contributed by atoms with van der Waals surface area (Å²) < 4.78 is 9.91. The molecule has 1 fully saturated rings. The van der Waals surface area contributed by atoms with Crippen LogP contribution in [0.2, 0.25) is 0 Å². The molecule has 1 N–H and O–H groups in total. The van der Waals surface area contributed by atoms with Gasteiger partial charge in [0.1, 0.15) is 5.00 Å². The lowest BCUT2D eigenvalue weighted by molar-refractivity contribution is -0.150. The molecule has 2 rings (SSSR count). The molecule has 1 unspecified atom stereocenters. The predicted molar refractivity (Wildman–Crippen MR) is 99.6 cm³/mol. The van der Waals surface area contributed by atoms with E-state index >= 15 is 0 Å². The number of amides is 1. The zero-order valence-corrected chi connectivity index (χ0v) is 16.5. The summed E-state index contributed by atoms with van der Waals surface area (Å²) in [6.45, 7) is 7.33. The van der Waals surface area contributed by atoms with Gasteiger partial charge < -0.3 is 14.8 Å². The molecular formula is C18H26N2O5S. The molecule has 8 heteroatoms. The average Bonchev–Trinajstić information content (AvgIpc) is 2.88. The Bertz CT molecular complexity index is 685. The summed E-state index contributed by atoms with van der Waals surface area (Å²) in [6, 6.07) is 0. The Morgan fingerprint density at radius 1 is 1.31 bits per heavy atom. The quantitative estimate of drug-likeness (QED) is 0.761. The molecule has 2 heterocycles. The number of esters is 2. The van der Waals surface area contributed by atoms with E-state index < -0.39 is 5.97 Å². The molecule has 1 aromatic heterocycles. The Balaban J connectivity index is 2.00. The molecule has 1 amide bonds. The Hall–Kier alpha value is -1.93. The monoisotopic (exact) mass is 382 g/mol. The first-order chi connectivity index (χ1) is 12.4. The van der Waals surface area contributed by atoms with Crippen LogP contribution >= 0.6 is 11.3 Å². The van der Waals surface area contributed by atoms with Gasteiger partial charge in [0.2, 0.25) is 5.91 Å². The minimum Gasteiger partial charge on any atom is -0.466 e. The minimum absolute atomic E-state index is 0.173. The van der Waals surface area contributed by atoms with Crippen LogP contribution in [0.3, 0.4) is 0 Å². The number of likely N-dealkylation sites (tertiary alicyclic amines) is 1. The fraction of sp³-hybridized carbons (Fsp3) is 0.611. The Labute approximate surface area is 157 Å². The van der Waals surface area contributed by atoms with E-state index in [9.17, 15) is 14.4 Å². The third-order valence-corrected chi connectivity index (χ3v) is 5.64. The molecule has 7 nitrogen and oxygen atoms in total. The highest BCUT2D eigenvalue weighted by atomic mass is 32.1. The number of nitrogens with zero attached hydrogens (tertiary/aromatic N) is 1. The zero-order chi connectivity index (χ0) is 19.3. The van der Waals surface area contributed by atoms with Crippen molar-refractivity contribution in [3.63, 3.8) is 0 Å². The van der Waals surface area contributed by atoms with Gasteiger partial charge in [0.15, 0.2) is 0 Å². The van der Waals surface area contributed by atoms with E-state index in [1.54, 1.807) is 6.92 Å². The maximum atomic E-state index is 12.5. The molecule has 0 saturated carbocycles. The highest BCUT2D eigenvalue weighted by molar-refractivity contribution is 7.16. The number of nitrogens with one attached hydrogen (secondary N) is 1. The van der Waals surface area contributed by atoms with E-state index in [2.05, 4.69) is 5.32 Å². The molecule has 1 atom stereocenters. The molecule has 1 aromatic rings. The second kappa shape index (κ2) is 9.14. The molecular weight excluding hydrogens is 356 g/mol. The number of hydrogen-bond acceptors (Lipinski definition) is 7. The van der Waals surface area contributed by atoms with Crippen molar-refractivity contribution in [1.29, 1.82) is 0 Å². The molecule has 1 aliphatic rings. The molecule has 26 heavy (non-hydrogen) atoms. The van der Waals surface area contributed by atoms with Crippen LogP contribution in [0.15, 0.2) is 0 Å². The van der Waals surface area contributed by atoms with E-state index in [4.69, 9.17) is 9.47 Å². The number of carbonyl (C=O) groups excluding carboxylic acids is 3. The average molecular weight is 382 g/mol. The van der Waals surface area contributed by atoms with E-state index in [1.807, 2.05) is 18.7 Å². The van der Waals surface area contributed by atoms with Crippen molar-refractivity contribution in [1.82, 2.24) is 4.90 Å². The lowest BCUT2D eigenvalue weighted by Crippen LogP contribution is -2.43. The molecule has 0 aromatic carbocycles. The molecule has 0 radical (unpaired) electrons. The van der Waals surface area contributed by atoms with Crippen molar-refractivity contribution < 1.29 is 23.9 Å². The first-order valence-corrected chi connectivity index (χ1v) is 9.56. The number of methoxy groups -OCH3 is 1. The van der Waals surface area contributed by atoms with Crippen LogP contribution in [-0.4, -0.2) is 56.1 Å². The van der Waals surface area contributed by atoms with Gasteiger partial charge in [-0.25, -0.2) is 4.79 Å². The topological polar surface area (TPSA) is 84.9 Å². The summed E-state index contributed by atoms with van der Waals surface area (Å²) in [5, 5.41) is 3.33. The van der Waals surface area contributed by atoms with Crippen LogP contribution < -0.4 is 5.32 Å². The van der Waals surface area contributed by atoms with Crippen molar-refractivity contribution in [2.24, 2.45) is 5.92 Å². The minimum atomic E-state index is -0.456. The normalized spacial score (nSPS) is 17.6. The molecule has 0 spiro atoms. The maximum Gasteiger partial charge on any atom is 0.341 e. The predicted octanol–water partition coefficient (Wildman–Crippen LogP) is 2.37. The van der Waals surface area contributed by atoms with Gasteiger partial charge in [-0.15, -0.1) is 11.3 Å². The summed E-state index contributed by atoms with van der Waals surface area (Å²) in [5.74, 6) is -1.05. The van der Waals surface area contributed by atoms with Crippen LogP contribution in [0.25, 0.3) is 0 Å². The highest BCUT2D eigenvalue weighted by Crippen LogP contribution is 2.33. The van der Waals surface area contributed by atoms with Gasteiger partial charge in [0.05, 0.1) is 31.7 Å². The fourth-order valence-corrected chi connectivity index (χ4v) is 4.15. The number of carbonyl (C=O) groups is 3. The van der Waals surface area contributed by atoms with E-state index in [0.29, 0.717) is 23.7 Å². The van der Waals surface area contributed by atoms with Gasteiger partial charge in [0.25, 0.3) is 0 Å². The van der Waals surface area contributed by atoms with Crippen molar-refractivity contribution in [2.75, 3.05) is 38.7 Å². The Morgan fingerprint density at radius 2 is 2.04 bits per heavy atom. The number of hydrogen-bond donors (Lipinski definition) is 1. The summed E-state index contributed by atoms with van der Waals surface area (Å²) >= 11 is 1.36. The number of aryl methyl sites for hydroxylation is 1. The third-order valence-electron chi connectivity index (χ3n) is 4.52. The van der Waals surface area contributed by atoms with Crippen LogP contribution in [0.5, 0.6) is 0 Å². The summed E-state index contributed by atoms with van der Waals surface area (Å²) in [7, 11) is 1.32. The van der Waals surface area contributed by atoms with E-state index in [0.717, 1.165) is 29.8 Å². The van der Waals surface area contributed by atoms with E-state index in [1.165, 1.54) is 18.4 Å². The van der Waals surface area contributed by atoms with Gasteiger partial charge in [0, 0.05) is 11.4 Å². The second-order valence-electron chi connectivity index (χ2n) is 6.35. The number of rotatable bonds is 6. The number of anilines is 1.